The highest BCUT2D eigenvalue weighted by atomic mass is 79.9. The van der Waals surface area contributed by atoms with Gasteiger partial charge in [0.05, 0.1) is 12.6 Å². The average molecular weight is 674 g/mol. The summed E-state index contributed by atoms with van der Waals surface area (Å²) < 4.78 is 13.4. The van der Waals surface area contributed by atoms with Gasteiger partial charge >= 0.3 is 0 Å². The summed E-state index contributed by atoms with van der Waals surface area (Å²) in [6, 6.07) is 41.5. The van der Waals surface area contributed by atoms with E-state index in [4.69, 9.17) is 19.6 Å². The molecule has 2 aliphatic rings. The molecule has 2 N–H and O–H groups in total. The number of halogens is 1. The van der Waals surface area contributed by atoms with Gasteiger partial charge in [0.25, 0.3) is 5.91 Å². The Kier molecular flexibility index (Phi) is 8.43. The summed E-state index contributed by atoms with van der Waals surface area (Å²) in [5, 5.41) is 12.5. The van der Waals surface area contributed by atoms with Crippen molar-refractivity contribution in [2.24, 2.45) is 4.99 Å². The molecule has 0 fully saturated rings. The summed E-state index contributed by atoms with van der Waals surface area (Å²) in [6.45, 7) is 0.497. The van der Waals surface area contributed by atoms with E-state index in [1.54, 1.807) is 0 Å². The number of hydrogen-bond acceptors (Lipinski definition) is 5. The van der Waals surface area contributed by atoms with Crippen LogP contribution in [0.25, 0.3) is 11.1 Å². The number of amides is 1. The predicted molar refractivity (Wildman–Crippen MR) is 183 cm³/mol. The van der Waals surface area contributed by atoms with Gasteiger partial charge in [-0.1, -0.05) is 107 Å². The smallest absolute Gasteiger partial charge is 0.253 e. The molecule has 0 bridgehead atoms. The number of benzene rings is 5. The van der Waals surface area contributed by atoms with Gasteiger partial charge in [0.2, 0.25) is 5.90 Å². The summed E-state index contributed by atoms with van der Waals surface area (Å²) in [5.41, 5.74) is 5.64. The number of rotatable bonds is 10. The van der Waals surface area contributed by atoms with Crippen LogP contribution < -0.4 is 10.1 Å². The van der Waals surface area contributed by atoms with Crippen LogP contribution in [0.15, 0.2) is 137 Å². The van der Waals surface area contributed by atoms with E-state index in [0.717, 1.165) is 43.4 Å². The minimum atomic E-state index is -1.31. The molecule has 1 aliphatic carbocycles. The number of fused-ring (bicyclic) bond motifs is 3. The summed E-state index contributed by atoms with van der Waals surface area (Å²) in [6.07, 6.45) is 0.202. The van der Waals surface area contributed by atoms with Crippen molar-refractivity contribution in [2.45, 2.75) is 30.5 Å². The molecule has 46 heavy (non-hydrogen) atoms. The van der Waals surface area contributed by atoms with Crippen molar-refractivity contribution in [2.75, 3.05) is 13.2 Å². The fraction of sp³-hybridized carbons (Fsp3) is 0.179. The number of aliphatic hydroxyl groups is 1. The van der Waals surface area contributed by atoms with Crippen molar-refractivity contribution in [1.82, 2.24) is 5.32 Å². The molecule has 0 radical (unpaired) electrons. The maximum Gasteiger partial charge on any atom is 0.253 e. The monoisotopic (exact) mass is 672 g/mol. The van der Waals surface area contributed by atoms with Crippen molar-refractivity contribution in [3.63, 3.8) is 0 Å². The van der Waals surface area contributed by atoms with Gasteiger partial charge in [-0.05, 0) is 69.8 Å². The fourth-order valence-electron chi connectivity index (χ4n) is 6.39. The van der Waals surface area contributed by atoms with Crippen molar-refractivity contribution in [1.29, 1.82) is 0 Å². The molecule has 0 unspecified atom stereocenters. The lowest BCUT2D eigenvalue weighted by atomic mass is 9.81. The maximum absolute atomic E-state index is 15.0. The minimum Gasteiger partial charge on any atom is -0.494 e. The molecule has 6 nitrogen and oxygen atoms in total. The number of aliphatic imine (C=N–C) groups is 1. The maximum atomic E-state index is 15.0. The summed E-state index contributed by atoms with van der Waals surface area (Å²) in [4.78, 5) is 20.2. The number of nitrogens with zero attached hydrogens (tertiary/aromatic N) is 1. The van der Waals surface area contributed by atoms with Gasteiger partial charge in [0.1, 0.15) is 5.75 Å². The lowest BCUT2D eigenvalue weighted by molar-refractivity contribution is -0.129. The Balaban J connectivity index is 1.32. The van der Waals surface area contributed by atoms with Gasteiger partial charge in [-0.25, -0.2) is 4.99 Å². The van der Waals surface area contributed by atoms with Crippen LogP contribution in [0.3, 0.4) is 0 Å². The molecule has 230 valence electrons. The first-order valence-corrected chi connectivity index (χ1v) is 16.2. The van der Waals surface area contributed by atoms with E-state index >= 15 is 4.79 Å². The lowest BCUT2D eigenvalue weighted by Crippen LogP contribution is -2.50. The zero-order valence-electron chi connectivity index (χ0n) is 25.1. The third-order valence-corrected chi connectivity index (χ3v) is 9.16. The quantitative estimate of drug-likeness (QED) is 0.150. The third-order valence-electron chi connectivity index (χ3n) is 8.63. The van der Waals surface area contributed by atoms with Gasteiger partial charge < -0.3 is 19.9 Å². The molecular formula is C39H33BrN2O4. The van der Waals surface area contributed by atoms with Gasteiger partial charge in [-0.2, -0.15) is 0 Å². The average Bonchev–Trinajstić information content (AvgIpc) is 3.64. The number of carbonyl (C=O) groups excluding carboxylic acids is 1. The van der Waals surface area contributed by atoms with Crippen molar-refractivity contribution >= 4 is 27.7 Å². The van der Waals surface area contributed by atoms with Crippen molar-refractivity contribution in [3.05, 3.63) is 160 Å². The molecule has 0 spiro atoms. The Labute approximate surface area is 276 Å². The molecule has 5 aromatic rings. The summed E-state index contributed by atoms with van der Waals surface area (Å²) >= 11 is 3.55. The highest BCUT2D eigenvalue weighted by Crippen LogP contribution is 2.46. The minimum absolute atomic E-state index is 0.0736. The highest BCUT2D eigenvalue weighted by molar-refractivity contribution is 9.10. The molecular weight excluding hydrogens is 640 g/mol. The number of nitrogens with one attached hydrogen (secondary N) is 1. The van der Waals surface area contributed by atoms with E-state index in [1.807, 2.05) is 103 Å². The molecule has 7 heteroatoms. The third kappa shape index (κ3) is 5.72. The molecule has 2 atom stereocenters. The van der Waals surface area contributed by atoms with E-state index in [9.17, 15) is 0 Å². The second-order valence-corrected chi connectivity index (χ2v) is 12.5. The molecule has 7 rings (SSSR count). The Morgan fingerprint density at radius 2 is 1.46 bits per heavy atom. The largest absolute Gasteiger partial charge is 0.494 e. The zero-order chi connectivity index (χ0) is 31.5. The van der Waals surface area contributed by atoms with E-state index in [1.165, 1.54) is 0 Å². The molecule has 0 aromatic heterocycles. The second kappa shape index (κ2) is 12.9. The summed E-state index contributed by atoms with van der Waals surface area (Å²) in [5.74, 6) is 0.878. The van der Waals surface area contributed by atoms with Crippen molar-refractivity contribution in [3.8, 4) is 16.9 Å². The van der Waals surface area contributed by atoms with Gasteiger partial charge in [0.15, 0.2) is 11.6 Å². The first-order valence-electron chi connectivity index (χ1n) is 15.4. The highest BCUT2D eigenvalue weighted by Gasteiger charge is 2.54. The number of hydrogen-bond donors (Lipinski definition) is 2. The van der Waals surface area contributed by atoms with E-state index in [-0.39, 0.29) is 18.6 Å². The topological polar surface area (TPSA) is 80.2 Å². The number of carbonyl (C=O) groups is 1. The standard InChI is InChI=1S/C39H33BrN2O4/c40-29-19-15-26(16-20-29)25-39(38(44)41-35-33-13-6-4-11-31(33)32-12-5-7-14-34(32)35)36(27-9-2-1-3-10-27)46-37(42-39)28-17-21-30(22-18-28)45-24-8-23-43/h1-7,9-22,35-36,43H,8,23-25H2,(H,41,44)/t36-,39-/m1/s1. The fourth-order valence-corrected chi connectivity index (χ4v) is 6.66. The van der Waals surface area contributed by atoms with Crippen LogP contribution in [-0.4, -0.2) is 35.7 Å². The number of ether oxygens (including phenoxy) is 2. The Morgan fingerprint density at radius 3 is 2.11 bits per heavy atom. The molecule has 5 aromatic carbocycles. The van der Waals surface area contributed by atoms with Crippen LogP contribution in [0.4, 0.5) is 0 Å². The first-order chi connectivity index (χ1) is 22.6. The van der Waals surface area contributed by atoms with E-state index in [0.29, 0.717) is 31.1 Å². The van der Waals surface area contributed by atoms with Crippen LogP contribution in [0.5, 0.6) is 5.75 Å². The lowest BCUT2D eigenvalue weighted by Gasteiger charge is -2.32. The Morgan fingerprint density at radius 1 is 0.826 bits per heavy atom. The zero-order valence-corrected chi connectivity index (χ0v) is 26.7. The normalized spacial score (nSPS) is 18.3. The second-order valence-electron chi connectivity index (χ2n) is 11.6. The van der Waals surface area contributed by atoms with Crippen LogP contribution in [-0.2, 0) is 16.0 Å². The van der Waals surface area contributed by atoms with Crippen LogP contribution >= 0.6 is 15.9 Å². The molecule has 1 aliphatic heterocycles. The van der Waals surface area contributed by atoms with Crippen LogP contribution in [0.1, 0.15) is 46.4 Å². The predicted octanol–water partition coefficient (Wildman–Crippen LogP) is 7.60. The molecule has 0 saturated carbocycles. The van der Waals surface area contributed by atoms with Gasteiger partial charge in [0, 0.05) is 29.5 Å². The Bertz CT molecular complexity index is 1830. The first kappa shape index (κ1) is 30.0. The summed E-state index contributed by atoms with van der Waals surface area (Å²) in [7, 11) is 0. The van der Waals surface area contributed by atoms with E-state index in [2.05, 4.69) is 45.5 Å². The molecule has 0 saturated heterocycles. The Hall–Kier alpha value is -4.72. The van der Waals surface area contributed by atoms with Crippen LogP contribution in [0.2, 0.25) is 0 Å². The SMILES string of the molecule is O=C(NC1c2ccccc2-c2ccccc21)[C@]1(Cc2ccc(Br)cc2)N=C(c2ccc(OCCCO)cc2)O[C@@H]1c1ccccc1. The molecule has 1 amide bonds. The van der Waals surface area contributed by atoms with Crippen molar-refractivity contribution < 1.29 is 19.4 Å². The number of aliphatic hydroxyl groups excluding tert-OH is 1. The van der Waals surface area contributed by atoms with Gasteiger partial charge in [-0.3, -0.25) is 4.79 Å². The van der Waals surface area contributed by atoms with E-state index < -0.39 is 11.6 Å². The van der Waals surface area contributed by atoms with Crippen LogP contribution in [0, 0.1) is 0 Å². The molecule has 1 heterocycles. The van der Waals surface area contributed by atoms with Gasteiger partial charge in [-0.15, -0.1) is 0 Å².